The number of carbonyl (C=O) groups is 1. The van der Waals surface area contributed by atoms with Crippen LogP contribution in [0.1, 0.15) is 25.3 Å². The fourth-order valence-corrected chi connectivity index (χ4v) is 4.34. The van der Waals surface area contributed by atoms with Crippen LogP contribution in [-0.2, 0) is 21.4 Å². The quantitative estimate of drug-likeness (QED) is 0.838. The summed E-state index contributed by atoms with van der Waals surface area (Å²) >= 11 is 0. The predicted molar refractivity (Wildman–Crippen MR) is 77.4 cm³/mol. The molecule has 5 nitrogen and oxygen atoms in total. The molecule has 1 N–H and O–H groups in total. The second kappa shape index (κ2) is 6.88. The fraction of sp³-hybridized carbons (Fsp3) is 0.500. The fourth-order valence-electron chi connectivity index (χ4n) is 2.60. The molecule has 0 radical (unpaired) electrons. The lowest BCUT2D eigenvalue weighted by molar-refractivity contribution is -0.125. The van der Waals surface area contributed by atoms with Gasteiger partial charge in [0.2, 0.25) is 15.9 Å². The molecular weight excluding hydrogens is 333 g/mol. The number of halogens is 3. The van der Waals surface area contributed by atoms with Crippen LogP contribution in [0.2, 0.25) is 0 Å². The van der Waals surface area contributed by atoms with Gasteiger partial charge in [0.05, 0.1) is 5.75 Å². The number of likely N-dealkylation sites (N-methyl/N-ethyl adjacent to an activating group) is 1. The first kappa shape index (κ1) is 17.7. The average Bonchev–Trinajstić information content (AvgIpc) is 2.50. The largest absolute Gasteiger partial charge is 0.351 e. The number of rotatable bonds is 4. The summed E-state index contributed by atoms with van der Waals surface area (Å²) in [4.78, 5) is 12.2. The summed E-state index contributed by atoms with van der Waals surface area (Å²) in [5.74, 6) is -4.88. The van der Waals surface area contributed by atoms with Crippen molar-refractivity contribution in [1.29, 1.82) is 0 Å². The molecule has 9 heteroatoms. The van der Waals surface area contributed by atoms with Crippen LogP contribution in [0.5, 0.6) is 0 Å². The van der Waals surface area contributed by atoms with Crippen molar-refractivity contribution in [1.82, 2.24) is 9.62 Å². The molecule has 23 heavy (non-hydrogen) atoms. The van der Waals surface area contributed by atoms with Crippen molar-refractivity contribution in [2.24, 2.45) is 0 Å². The van der Waals surface area contributed by atoms with Gasteiger partial charge in [0.1, 0.15) is 6.04 Å². The molecule has 2 rings (SSSR count). The van der Waals surface area contributed by atoms with Gasteiger partial charge < -0.3 is 5.32 Å². The summed E-state index contributed by atoms with van der Waals surface area (Å²) in [5, 5.41) is 2.38. The molecule has 1 atom stereocenters. The van der Waals surface area contributed by atoms with Gasteiger partial charge in [-0.05, 0) is 18.9 Å². The maximum atomic E-state index is 13.5. The molecule has 0 saturated carbocycles. The Bertz CT molecular complexity index is 709. The third-order valence-corrected chi connectivity index (χ3v) is 5.80. The molecule has 1 aromatic carbocycles. The van der Waals surface area contributed by atoms with Crippen molar-refractivity contribution in [3.05, 3.63) is 35.1 Å². The zero-order chi connectivity index (χ0) is 17.2. The number of benzene rings is 1. The zero-order valence-electron chi connectivity index (χ0n) is 12.5. The number of sulfonamides is 1. The summed E-state index contributed by atoms with van der Waals surface area (Å²) < 4.78 is 64.5. The summed E-state index contributed by atoms with van der Waals surface area (Å²) in [6.45, 7) is 1.42. The van der Waals surface area contributed by atoms with Crippen LogP contribution in [-0.4, -0.2) is 37.0 Å². The predicted octanol–water partition coefficient (Wildman–Crippen LogP) is 1.53. The molecule has 1 saturated heterocycles. The van der Waals surface area contributed by atoms with Crippen molar-refractivity contribution in [3.8, 4) is 0 Å². The van der Waals surface area contributed by atoms with Crippen LogP contribution in [0.3, 0.4) is 0 Å². The minimum absolute atomic E-state index is 0.0115. The van der Waals surface area contributed by atoms with Crippen LogP contribution >= 0.6 is 0 Å². The van der Waals surface area contributed by atoms with E-state index in [0.29, 0.717) is 12.8 Å². The SMILES string of the molecule is CCN1[C@H](C(=O)NCc2ccc(F)c(F)c2F)CCCS1(=O)=O. The monoisotopic (exact) mass is 350 g/mol. The second-order valence-corrected chi connectivity index (χ2v) is 7.27. The lowest BCUT2D eigenvalue weighted by Gasteiger charge is -2.32. The van der Waals surface area contributed by atoms with Crippen LogP contribution in [0.15, 0.2) is 12.1 Å². The van der Waals surface area contributed by atoms with Crippen molar-refractivity contribution in [2.45, 2.75) is 32.4 Å². The Morgan fingerprint density at radius 3 is 2.65 bits per heavy atom. The number of nitrogens with zero attached hydrogens (tertiary/aromatic N) is 1. The Morgan fingerprint density at radius 2 is 2.00 bits per heavy atom. The van der Waals surface area contributed by atoms with E-state index in [1.807, 2.05) is 0 Å². The Balaban J connectivity index is 2.09. The van der Waals surface area contributed by atoms with Crippen LogP contribution < -0.4 is 5.32 Å². The summed E-state index contributed by atoms with van der Waals surface area (Å²) in [6, 6.07) is 0.930. The highest BCUT2D eigenvalue weighted by Gasteiger charge is 2.37. The second-order valence-electron chi connectivity index (χ2n) is 5.23. The highest BCUT2D eigenvalue weighted by atomic mass is 32.2. The molecular formula is C14H17F3N2O3S. The number of carbonyl (C=O) groups excluding carboxylic acids is 1. The molecule has 1 amide bonds. The van der Waals surface area contributed by atoms with Crippen molar-refractivity contribution in [2.75, 3.05) is 12.3 Å². The van der Waals surface area contributed by atoms with Gasteiger partial charge in [0, 0.05) is 18.7 Å². The van der Waals surface area contributed by atoms with E-state index in [1.54, 1.807) is 6.92 Å². The first-order valence-corrected chi connectivity index (χ1v) is 8.78. The lowest BCUT2D eigenvalue weighted by atomic mass is 10.1. The molecule has 0 bridgehead atoms. The molecule has 0 aliphatic carbocycles. The van der Waals surface area contributed by atoms with Gasteiger partial charge in [0.15, 0.2) is 17.5 Å². The van der Waals surface area contributed by atoms with Crippen LogP contribution in [0, 0.1) is 17.5 Å². The lowest BCUT2D eigenvalue weighted by Crippen LogP contribution is -2.52. The third-order valence-electron chi connectivity index (χ3n) is 3.77. The van der Waals surface area contributed by atoms with Crippen LogP contribution in [0.4, 0.5) is 13.2 Å². The van der Waals surface area contributed by atoms with E-state index in [-0.39, 0.29) is 24.4 Å². The van der Waals surface area contributed by atoms with E-state index in [1.165, 1.54) is 0 Å². The number of nitrogens with one attached hydrogen (secondary N) is 1. The normalized spacial score (nSPS) is 21.1. The van der Waals surface area contributed by atoms with Crippen LogP contribution in [0.25, 0.3) is 0 Å². The van der Waals surface area contributed by atoms with Gasteiger partial charge in [-0.1, -0.05) is 13.0 Å². The topological polar surface area (TPSA) is 66.5 Å². The van der Waals surface area contributed by atoms with Gasteiger partial charge in [-0.3, -0.25) is 4.79 Å². The molecule has 0 aromatic heterocycles. The molecule has 0 spiro atoms. The molecule has 1 heterocycles. The first-order valence-electron chi connectivity index (χ1n) is 7.17. The van der Waals surface area contributed by atoms with E-state index < -0.39 is 39.4 Å². The highest BCUT2D eigenvalue weighted by Crippen LogP contribution is 2.21. The minimum atomic E-state index is -3.48. The third kappa shape index (κ3) is 3.66. The van der Waals surface area contributed by atoms with E-state index >= 15 is 0 Å². The number of hydrogen-bond donors (Lipinski definition) is 1. The first-order chi connectivity index (χ1) is 10.8. The van der Waals surface area contributed by atoms with Crippen molar-refractivity contribution >= 4 is 15.9 Å². The Hall–Kier alpha value is -1.61. The number of amides is 1. The maximum absolute atomic E-state index is 13.5. The highest BCUT2D eigenvalue weighted by molar-refractivity contribution is 7.89. The average molecular weight is 350 g/mol. The van der Waals surface area contributed by atoms with E-state index in [0.717, 1.165) is 16.4 Å². The molecule has 1 aliphatic heterocycles. The summed E-state index contributed by atoms with van der Waals surface area (Å²) in [6.07, 6.45) is 0.718. The summed E-state index contributed by atoms with van der Waals surface area (Å²) in [7, 11) is -3.48. The van der Waals surface area contributed by atoms with E-state index in [4.69, 9.17) is 0 Å². The van der Waals surface area contributed by atoms with E-state index in [2.05, 4.69) is 5.32 Å². The standard InChI is InChI=1S/C14H17F3N2O3S/c1-2-19-11(4-3-7-23(19,21)22)14(20)18-8-9-5-6-10(15)13(17)12(9)16/h5-6,11H,2-4,7-8H2,1H3,(H,18,20)/t11-/m0/s1. The van der Waals surface area contributed by atoms with Gasteiger partial charge in [-0.2, -0.15) is 4.31 Å². The minimum Gasteiger partial charge on any atom is -0.351 e. The Labute approximate surface area is 132 Å². The van der Waals surface area contributed by atoms with Crippen molar-refractivity contribution in [3.63, 3.8) is 0 Å². The van der Waals surface area contributed by atoms with Gasteiger partial charge in [0.25, 0.3) is 0 Å². The van der Waals surface area contributed by atoms with Crippen molar-refractivity contribution < 1.29 is 26.4 Å². The molecule has 128 valence electrons. The number of hydrogen-bond acceptors (Lipinski definition) is 3. The van der Waals surface area contributed by atoms with E-state index in [9.17, 15) is 26.4 Å². The Kier molecular flexibility index (Phi) is 5.30. The smallest absolute Gasteiger partial charge is 0.238 e. The van der Waals surface area contributed by atoms with Gasteiger partial charge >= 0.3 is 0 Å². The molecule has 1 aliphatic rings. The Morgan fingerprint density at radius 1 is 1.30 bits per heavy atom. The maximum Gasteiger partial charge on any atom is 0.238 e. The van der Waals surface area contributed by atoms with Gasteiger partial charge in [-0.25, -0.2) is 21.6 Å². The molecule has 0 unspecified atom stereocenters. The zero-order valence-corrected chi connectivity index (χ0v) is 13.3. The van der Waals surface area contributed by atoms with Gasteiger partial charge in [-0.15, -0.1) is 0 Å². The molecule has 1 fully saturated rings. The molecule has 1 aromatic rings. The summed E-state index contributed by atoms with van der Waals surface area (Å²) in [5.41, 5.74) is -0.209.